The van der Waals surface area contributed by atoms with Crippen molar-refractivity contribution in [2.75, 3.05) is 6.61 Å². The molecule has 2 heterocycles. The first-order valence-corrected chi connectivity index (χ1v) is 8.58. The predicted molar refractivity (Wildman–Crippen MR) is 102 cm³/mol. The molecule has 2 aromatic heterocycles. The molecule has 0 aliphatic carbocycles. The van der Waals surface area contributed by atoms with Gasteiger partial charge in [-0.2, -0.15) is 5.10 Å². The van der Waals surface area contributed by atoms with Crippen molar-refractivity contribution in [3.05, 3.63) is 84.6 Å². The Morgan fingerprint density at radius 2 is 1.54 bits per heavy atom. The molecule has 4 rings (SSSR count). The number of esters is 1. The van der Waals surface area contributed by atoms with Crippen molar-refractivity contribution in [2.45, 2.75) is 6.92 Å². The Bertz CT molecular complexity index is 1050. The summed E-state index contributed by atoms with van der Waals surface area (Å²) >= 11 is 0. The van der Waals surface area contributed by atoms with E-state index in [9.17, 15) is 4.79 Å². The van der Waals surface area contributed by atoms with Gasteiger partial charge in [0.05, 0.1) is 12.1 Å². The number of pyridine rings is 1. The monoisotopic (exact) mass is 342 g/mol. The zero-order chi connectivity index (χ0) is 17.9. The zero-order valence-corrected chi connectivity index (χ0v) is 14.4. The molecular weight excluding hydrogens is 324 g/mol. The molecule has 4 aromatic rings. The lowest BCUT2D eigenvalue weighted by molar-refractivity contribution is 0.0529. The van der Waals surface area contributed by atoms with Crippen LogP contribution in [0.15, 0.2) is 79.0 Å². The Kier molecular flexibility index (Phi) is 4.23. The van der Waals surface area contributed by atoms with Crippen molar-refractivity contribution in [3.8, 4) is 22.4 Å². The lowest BCUT2D eigenvalue weighted by atomic mass is 10.0. The van der Waals surface area contributed by atoms with Crippen molar-refractivity contribution < 1.29 is 9.53 Å². The summed E-state index contributed by atoms with van der Waals surface area (Å²) in [5.41, 5.74) is 5.04. The fraction of sp³-hybridized carbons (Fsp3) is 0.0909. The van der Waals surface area contributed by atoms with E-state index in [2.05, 4.69) is 17.2 Å². The molecule has 2 aromatic carbocycles. The van der Waals surface area contributed by atoms with Crippen LogP contribution in [0.1, 0.15) is 17.3 Å². The first-order chi connectivity index (χ1) is 12.8. The van der Waals surface area contributed by atoms with E-state index >= 15 is 0 Å². The van der Waals surface area contributed by atoms with E-state index in [1.807, 2.05) is 66.9 Å². The van der Waals surface area contributed by atoms with Gasteiger partial charge in [0, 0.05) is 11.8 Å². The van der Waals surface area contributed by atoms with Crippen LogP contribution in [0.3, 0.4) is 0 Å². The largest absolute Gasteiger partial charge is 0.462 e. The second-order valence-electron chi connectivity index (χ2n) is 5.92. The number of ether oxygens (including phenoxy) is 1. The molecule has 0 saturated carbocycles. The van der Waals surface area contributed by atoms with Crippen LogP contribution in [-0.2, 0) is 4.74 Å². The van der Waals surface area contributed by atoms with Gasteiger partial charge in [0.2, 0.25) is 0 Å². The average molecular weight is 342 g/mol. The van der Waals surface area contributed by atoms with Gasteiger partial charge in [-0.3, -0.25) is 0 Å². The average Bonchev–Trinajstić information content (AvgIpc) is 3.09. The molecule has 4 heteroatoms. The highest BCUT2D eigenvalue weighted by atomic mass is 16.5. The lowest BCUT2D eigenvalue weighted by Crippen LogP contribution is -2.05. The zero-order valence-electron chi connectivity index (χ0n) is 14.4. The van der Waals surface area contributed by atoms with Crippen molar-refractivity contribution >= 4 is 11.5 Å². The number of carbonyl (C=O) groups is 1. The van der Waals surface area contributed by atoms with Gasteiger partial charge in [-0.15, -0.1) is 0 Å². The number of hydrogen-bond donors (Lipinski definition) is 0. The van der Waals surface area contributed by atoms with Crippen molar-refractivity contribution in [2.24, 2.45) is 0 Å². The second kappa shape index (κ2) is 6.84. The molecule has 0 aliphatic heterocycles. The molecule has 26 heavy (non-hydrogen) atoms. The summed E-state index contributed by atoms with van der Waals surface area (Å²) in [7, 11) is 0. The summed E-state index contributed by atoms with van der Waals surface area (Å²) in [6.07, 6.45) is 1.83. The molecule has 0 aliphatic rings. The maximum atomic E-state index is 12.5. The Hall–Kier alpha value is -3.40. The molecular formula is C22H18N2O2. The standard InChI is InChI=1S/C22H18N2O2/c1-2-26-22(25)20-19-10-6-7-15-24(19)23-21(20)18-13-11-17(12-14-18)16-8-4-3-5-9-16/h3-15H,2H2,1H3. The summed E-state index contributed by atoms with van der Waals surface area (Å²) in [5.74, 6) is -0.351. The SMILES string of the molecule is CCOC(=O)c1c(-c2ccc(-c3ccccc3)cc2)nn2ccccc12. The van der Waals surface area contributed by atoms with E-state index in [4.69, 9.17) is 4.74 Å². The summed E-state index contributed by atoms with van der Waals surface area (Å²) in [4.78, 5) is 12.5. The Morgan fingerprint density at radius 3 is 2.27 bits per heavy atom. The van der Waals surface area contributed by atoms with Crippen LogP contribution in [0, 0.1) is 0 Å². The third-order valence-corrected chi connectivity index (χ3v) is 4.28. The molecule has 0 spiro atoms. The van der Waals surface area contributed by atoms with E-state index in [0.717, 1.165) is 22.2 Å². The van der Waals surface area contributed by atoms with Crippen LogP contribution in [0.2, 0.25) is 0 Å². The van der Waals surface area contributed by atoms with Crippen molar-refractivity contribution in [3.63, 3.8) is 0 Å². The predicted octanol–water partition coefficient (Wildman–Crippen LogP) is 4.85. The Balaban J connectivity index is 1.81. The molecule has 0 N–H and O–H groups in total. The number of hydrogen-bond acceptors (Lipinski definition) is 3. The number of benzene rings is 2. The molecule has 0 amide bonds. The fourth-order valence-electron chi connectivity index (χ4n) is 3.06. The molecule has 128 valence electrons. The molecule has 0 atom stereocenters. The first-order valence-electron chi connectivity index (χ1n) is 8.58. The summed E-state index contributed by atoms with van der Waals surface area (Å²) in [6, 6.07) is 23.9. The lowest BCUT2D eigenvalue weighted by Gasteiger charge is -2.05. The van der Waals surface area contributed by atoms with Crippen LogP contribution in [0.25, 0.3) is 27.9 Å². The minimum Gasteiger partial charge on any atom is -0.462 e. The molecule has 0 fully saturated rings. The van der Waals surface area contributed by atoms with Crippen LogP contribution >= 0.6 is 0 Å². The van der Waals surface area contributed by atoms with E-state index in [0.29, 0.717) is 17.9 Å². The van der Waals surface area contributed by atoms with Gasteiger partial charge < -0.3 is 4.74 Å². The highest BCUT2D eigenvalue weighted by Gasteiger charge is 2.21. The van der Waals surface area contributed by atoms with Crippen LogP contribution < -0.4 is 0 Å². The second-order valence-corrected chi connectivity index (χ2v) is 5.92. The third kappa shape index (κ3) is 2.86. The van der Waals surface area contributed by atoms with E-state index in [-0.39, 0.29) is 5.97 Å². The Labute approximate surface area is 151 Å². The van der Waals surface area contributed by atoms with Gasteiger partial charge >= 0.3 is 5.97 Å². The van der Waals surface area contributed by atoms with Gasteiger partial charge in [-0.1, -0.05) is 60.7 Å². The van der Waals surface area contributed by atoms with Crippen LogP contribution in [-0.4, -0.2) is 22.2 Å². The Morgan fingerprint density at radius 1 is 0.885 bits per heavy atom. The highest BCUT2D eigenvalue weighted by molar-refractivity contribution is 6.03. The van der Waals surface area contributed by atoms with Crippen molar-refractivity contribution in [1.82, 2.24) is 9.61 Å². The molecule has 0 saturated heterocycles. The van der Waals surface area contributed by atoms with Crippen molar-refractivity contribution in [1.29, 1.82) is 0 Å². The summed E-state index contributed by atoms with van der Waals surface area (Å²) in [5, 5.41) is 4.60. The topological polar surface area (TPSA) is 43.6 Å². The van der Waals surface area contributed by atoms with E-state index in [1.165, 1.54) is 0 Å². The first kappa shape index (κ1) is 16.1. The van der Waals surface area contributed by atoms with Crippen LogP contribution in [0.5, 0.6) is 0 Å². The van der Waals surface area contributed by atoms with E-state index < -0.39 is 0 Å². The summed E-state index contributed by atoms with van der Waals surface area (Å²) < 4.78 is 6.97. The maximum absolute atomic E-state index is 12.5. The number of rotatable bonds is 4. The van der Waals surface area contributed by atoms with Gasteiger partial charge in [0.25, 0.3) is 0 Å². The molecule has 0 unspecified atom stereocenters. The molecule has 4 nitrogen and oxygen atoms in total. The van der Waals surface area contributed by atoms with Gasteiger partial charge in [0.1, 0.15) is 11.3 Å². The quantitative estimate of drug-likeness (QED) is 0.498. The van der Waals surface area contributed by atoms with Crippen LogP contribution in [0.4, 0.5) is 0 Å². The molecule has 0 bridgehead atoms. The number of aromatic nitrogens is 2. The van der Waals surface area contributed by atoms with Gasteiger partial charge in [-0.05, 0) is 30.2 Å². The fourth-order valence-corrected chi connectivity index (χ4v) is 3.06. The minimum absolute atomic E-state index is 0.329. The van der Waals surface area contributed by atoms with Gasteiger partial charge in [0.15, 0.2) is 0 Å². The number of nitrogens with zero attached hydrogens (tertiary/aromatic N) is 2. The smallest absolute Gasteiger partial charge is 0.342 e. The summed E-state index contributed by atoms with van der Waals surface area (Å²) in [6.45, 7) is 2.13. The highest BCUT2D eigenvalue weighted by Crippen LogP contribution is 2.29. The third-order valence-electron chi connectivity index (χ3n) is 4.28. The number of fused-ring (bicyclic) bond motifs is 1. The van der Waals surface area contributed by atoms with E-state index in [1.54, 1.807) is 11.4 Å². The normalized spacial score (nSPS) is 10.8. The molecule has 0 radical (unpaired) electrons. The minimum atomic E-state index is -0.351. The van der Waals surface area contributed by atoms with Gasteiger partial charge in [-0.25, -0.2) is 9.31 Å². The maximum Gasteiger partial charge on any atom is 0.342 e. The number of carbonyl (C=O) groups excluding carboxylic acids is 1.